The minimum absolute atomic E-state index is 0.0699. The Balaban J connectivity index is 2.52. The summed E-state index contributed by atoms with van der Waals surface area (Å²) in [4.78, 5) is 0. The maximum atomic E-state index is 10.1. The Labute approximate surface area is 96.9 Å². The van der Waals surface area contributed by atoms with Crippen LogP contribution in [-0.2, 0) is 11.0 Å². The Hall–Kier alpha value is -1.02. The van der Waals surface area contributed by atoms with E-state index < -0.39 is 5.60 Å². The standard InChI is InChI=1S/C14H20O2/c1-9-7-11(13(2,3)4)12(15)8-10(9)14(16)5-6-14/h7-8,15-16H,5-6H2,1-4H3. The van der Waals surface area contributed by atoms with Gasteiger partial charge in [-0.3, -0.25) is 0 Å². The van der Waals surface area contributed by atoms with Gasteiger partial charge in [-0.2, -0.15) is 0 Å². The molecule has 2 rings (SSSR count). The lowest BCUT2D eigenvalue weighted by atomic mass is 9.83. The van der Waals surface area contributed by atoms with Crippen molar-refractivity contribution < 1.29 is 10.2 Å². The normalized spacial score (nSPS) is 18.6. The van der Waals surface area contributed by atoms with Gasteiger partial charge in [-0.15, -0.1) is 0 Å². The van der Waals surface area contributed by atoms with Crippen LogP contribution in [-0.4, -0.2) is 10.2 Å². The van der Waals surface area contributed by atoms with Gasteiger partial charge in [0.1, 0.15) is 5.75 Å². The first-order chi connectivity index (χ1) is 7.24. The quantitative estimate of drug-likeness (QED) is 0.764. The van der Waals surface area contributed by atoms with Crippen molar-refractivity contribution >= 4 is 0 Å². The lowest BCUT2D eigenvalue weighted by molar-refractivity contribution is 0.150. The van der Waals surface area contributed by atoms with Crippen LogP contribution in [0.5, 0.6) is 5.75 Å². The summed E-state index contributed by atoms with van der Waals surface area (Å²) in [5, 5.41) is 20.1. The average molecular weight is 220 g/mol. The molecule has 2 heteroatoms. The molecule has 0 aromatic heterocycles. The summed E-state index contributed by atoms with van der Waals surface area (Å²) in [6.07, 6.45) is 1.62. The van der Waals surface area contributed by atoms with E-state index in [1.807, 2.05) is 13.0 Å². The molecule has 0 amide bonds. The lowest BCUT2D eigenvalue weighted by Crippen LogP contribution is -2.14. The number of phenols is 1. The van der Waals surface area contributed by atoms with Gasteiger partial charge >= 0.3 is 0 Å². The van der Waals surface area contributed by atoms with Crippen molar-refractivity contribution in [1.82, 2.24) is 0 Å². The first kappa shape index (κ1) is 11.5. The summed E-state index contributed by atoms with van der Waals surface area (Å²) in [6, 6.07) is 3.74. The predicted octanol–water partition coefficient (Wildman–Crippen LogP) is 2.98. The minimum atomic E-state index is -0.669. The van der Waals surface area contributed by atoms with Gasteiger partial charge in [0.05, 0.1) is 5.60 Å². The van der Waals surface area contributed by atoms with Gasteiger partial charge in [-0.1, -0.05) is 26.8 Å². The third kappa shape index (κ3) is 1.82. The van der Waals surface area contributed by atoms with Crippen molar-refractivity contribution in [3.05, 3.63) is 28.8 Å². The maximum absolute atomic E-state index is 10.1. The van der Waals surface area contributed by atoms with E-state index in [-0.39, 0.29) is 5.41 Å². The number of rotatable bonds is 1. The van der Waals surface area contributed by atoms with Crippen molar-refractivity contribution in [2.24, 2.45) is 0 Å². The van der Waals surface area contributed by atoms with E-state index in [1.165, 1.54) is 0 Å². The highest BCUT2D eigenvalue weighted by atomic mass is 16.3. The molecular weight excluding hydrogens is 200 g/mol. The molecular formula is C14H20O2. The second-order valence-corrected chi connectivity index (χ2v) is 5.97. The van der Waals surface area contributed by atoms with Crippen molar-refractivity contribution in [1.29, 1.82) is 0 Å². The van der Waals surface area contributed by atoms with Crippen LogP contribution in [0.15, 0.2) is 12.1 Å². The topological polar surface area (TPSA) is 40.5 Å². The van der Waals surface area contributed by atoms with Crippen LogP contribution in [0.1, 0.15) is 50.3 Å². The van der Waals surface area contributed by atoms with E-state index in [9.17, 15) is 10.2 Å². The Kier molecular flexibility index (Phi) is 2.32. The zero-order valence-corrected chi connectivity index (χ0v) is 10.5. The van der Waals surface area contributed by atoms with Gasteiger partial charge < -0.3 is 10.2 Å². The molecule has 0 bridgehead atoms. The van der Waals surface area contributed by atoms with E-state index in [1.54, 1.807) is 6.07 Å². The Bertz CT molecular complexity index is 392. The molecule has 0 saturated heterocycles. The molecule has 0 spiro atoms. The third-order valence-corrected chi connectivity index (χ3v) is 3.38. The van der Waals surface area contributed by atoms with Gasteiger partial charge in [0.25, 0.3) is 0 Å². The summed E-state index contributed by atoms with van der Waals surface area (Å²) in [6.45, 7) is 8.23. The zero-order chi connectivity index (χ0) is 12.1. The van der Waals surface area contributed by atoms with Crippen LogP contribution in [0.25, 0.3) is 0 Å². The van der Waals surface area contributed by atoms with E-state index in [2.05, 4.69) is 20.8 Å². The maximum Gasteiger partial charge on any atom is 0.119 e. The first-order valence-electron chi connectivity index (χ1n) is 5.81. The molecule has 2 N–H and O–H groups in total. The fraction of sp³-hybridized carbons (Fsp3) is 0.571. The molecule has 1 aliphatic carbocycles. The number of hydrogen-bond acceptors (Lipinski definition) is 2. The molecule has 88 valence electrons. The second-order valence-electron chi connectivity index (χ2n) is 5.97. The zero-order valence-electron chi connectivity index (χ0n) is 10.5. The van der Waals surface area contributed by atoms with E-state index in [0.29, 0.717) is 5.75 Å². The Morgan fingerprint density at radius 1 is 1.19 bits per heavy atom. The second kappa shape index (κ2) is 3.24. The molecule has 1 saturated carbocycles. The van der Waals surface area contributed by atoms with Crippen LogP contribution in [0.2, 0.25) is 0 Å². The molecule has 2 nitrogen and oxygen atoms in total. The van der Waals surface area contributed by atoms with Gasteiger partial charge in [-0.05, 0) is 47.9 Å². The van der Waals surface area contributed by atoms with Crippen molar-refractivity contribution in [2.45, 2.75) is 51.6 Å². The van der Waals surface area contributed by atoms with Gasteiger partial charge in [-0.25, -0.2) is 0 Å². The van der Waals surface area contributed by atoms with Gasteiger partial charge in [0.2, 0.25) is 0 Å². The van der Waals surface area contributed by atoms with Crippen molar-refractivity contribution in [3.63, 3.8) is 0 Å². The molecule has 0 unspecified atom stereocenters. The SMILES string of the molecule is Cc1cc(C(C)(C)C)c(O)cc1C1(O)CC1. The summed E-state index contributed by atoms with van der Waals surface area (Å²) in [7, 11) is 0. The summed E-state index contributed by atoms with van der Waals surface area (Å²) >= 11 is 0. The monoisotopic (exact) mass is 220 g/mol. The van der Waals surface area contributed by atoms with Crippen LogP contribution in [0, 0.1) is 6.92 Å². The molecule has 1 fully saturated rings. The molecule has 1 aromatic rings. The fourth-order valence-corrected chi connectivity index (χ4v) is 2.19. The first-order valence-corrected chi connectivity index (χ1v) is 5.81. The van der Waals surface area contributed by atoms with Crippen LogP contribution in [0.3, 0.4) is 0 Å². The number of phenolic OH excluding ortho intramolecular Hbond substituents is 1. The summed E-state index contributed by atoms with van der Waals surface area (Å²) in [5.41, 5.74) is 2.16. The molecule has 1 aromatic carbocycles. The molecule has 16 heavy (non-hydrogen) atoms. The van der Waals surface area contributed by atoms with Gasteiger partial charge in [0.15, 0.2) is 0 Å². The average Bonchev–Trinajstić information content (AvgIpc) is 2.86. The highest BCUT2D eigenvalue weighted by Gasteiger charge is 2.43. The number of aryl methyl sites for hydroxylation is 1. The largest absolute Gasteiger partial charge is 0.508 e. The highest BCUT2D eigenvalue weighted by Crippen LogP contribution is 2.48. The molecule has 0 atom stereocenters. The number of aromatic hydroxyl groups is 1. The molecule has 0 aliphatic heterocycles. The molecule has 0 heterocycles. The van der Waals surface area contributed by atoms with E-state index in [0.717, 1.165) is 29.5 Å². The fourth-order valence-electron chi connectivity index (χ4n) is 2.19. The van der Waals surface area contributed by atoms with Crippen molar-refractivity contribution in [2.75, 3.05) is 0 Å². The van der Waals surface area contributed by atoms with Crippen LogP contribution < -0.4 is 0 Å². The third-order valence-electron chi connectivity index (χ3n) is 3.38. The Morgan fingerprint density at radius 3 is 2.19 bits per heavy atom. The number of hydrogen-bond donors (Lipinski definition) is 2. The lowest BCUT2D eigenvalue weighted by Gasteiger charge is -2.23. The molecule has 0 radical (unpaired) electrons. The van der Waals surface area contributed by atoms with E-state index in [4.69, 9.17) is 0 Å². The van der Waals surface area contributed by atoms with Crippen LogP contribution in [0.4, 0.5) is 0 Å². The van der Waals surface area contributed by atoms with Gasteiger partial charge in [0, 0.05) is 0 Å². The summed E-state index contributed by atoms with van der Waals surface area (Å²) < 4.78 is 0. The predicted molar refractivity (Wildman–Crippen MR) is 64.7 cm³/mol. The Morgan fingerprint density at radius 2 is 1.75 bits per heavy atom. The number of aliphatic hydroxyl groups is 1. The minimum Gasteiger partial charge on any atom is -0.508 e. The highest BCUT2D eigenvalue weighted by molar-refractivity contribution is 5.48. The number of benzene rings is 1. The van der Waals surface area contributed by atoms with E-state index >= 15 is 0 Å². The summed E-state index contributed by atoms with van der Waals surface area (Å²) in [5.74, 6) is 0.299. The molecule has 1 aliphatic rings. The smallest absolute Gasteiger partial charge is 0.119 e. The van der Waals surface area contributed by atoms with Crippen LogP contribution >= 0.6 is 0 Å². The van der Waals surface area contributed by atoms with Crippen molar-refractivity contribution in [3.8, 4) is 5.75 Å².